The fourth-order valence-electron chi connectivity index (χ4n) is 2.21. The largest absolute Gasteiger partial charge is 0.346 e. The van der Waals surface area contributed by atoms with Gasteiger partial charge in [0.2, 0.25) is 0 Å². The van der Waals surface area contributed by atoms with Gasteiger partial charge in [0.15, 0.2) is 0 Å². The van der Waals surface area contributed by atoms with E-state index in [1.165, 1.54) is 16.5 Å². The van der Waals surface area contributed by atoms with Crippen molar-refractivity contribution in [3.8, 4) is 0 Å². The van der Waals surface area contributed by atoms with Gasteiger partial charge in [-0.1, -0.05) is 18.2 Å². The number of hydrogen-bond acceptors (Lipinski definition) is 2. The molecule has 0 saturated heterocycles. The van der Waals surface area contributed by atoms with Crippen LogP contribution in [0.1, 0.15) is 12.5 Å². The molecule has 0 radical (unpaired) electrons. The fraction of sp³-hybridized carbons (Fsp3) is 0.357. The highest BCUT2D eigenvalue weighted by Crippen LogP contribution is 2.19. The topological polar surface area (TPSA) is 34.0 Å². The summed E-state index contributed by atoms with van der Waals surface area (Å²) in [6.45, 7) is 5.51. The van der Waals surface area contributed by atoms with E-state index in [1.807, 2.05) is 0 Å². The molecule has 1 N–H and O–H groups in total. The van der Waals surface area contributed by atoms with Gasteiger partial charge in [0.25, 0.3) is 0 Å². The molecule has 3 heteroatoms. The van der Waals surface area contributed by atoms with Gasteiger partial charge >= 0.3 is 0 Å². The molecular weight excluding hydrogens is 212 g/mol. The molecule has 90 valence electrons. The van der Waals surface area contributed by atoms with Crippen molar-refractivity contribution in [1.82, 2.24) is 9.88 Å². The molecular formula is C14H18N2O. The van der Waals surface area contributed by atoms with Gasteiger partial charge in [-0.2, -0.15) is 0 Å². The SMILES string of the molecule is Cc1cccc2ccn(C[C@H](C)NCC=O)c12. The lowest BCUT2D eigenvalue weighted by atomic mass is 10.1. The zero-order valence-electron chi connectivity index (χ0n) is 10.3. The number of fused-ring (bicyclic) bond motifs is 1. The third-order valence-electron chi connectivity index (χ3n) is 3.01. The number of aromatic nitrogens is 1. The third kappa shape index (κ3) is 2.56. The van der Waals surface area contributed by atoms with Crippen LogP contribution >= 0.6 is 0 Å². The number of carbonyl (C=O) groups is 1. The normalized spacial score (nSPS) is 12.8. The highest BCUT2D eigenvalue weighted by Gasteiger charge is 2.06. The van der Waals surface area contributed by atoms with Gasteiger partial charge in [-0.3, -0.25) is 0 Å². The summed E-state index contributed by atoms with van der Waals surface area (Å²) in [5.41, 5.74) is 2.57. The maximum Gasteiger partial charge on any atom is 0.133 e. The molecule has 1 heterocycles. The number of aldehydes is 1. The quantitative estimate of drug-likeness (QED) is 0.798. The van der Waals surface area contributed by atoms with E-state index < -0.39 is 0 Å². The zero-order valence-corrected chi connectivity index (χ0v) is 10.3. The Hall–Kier alpha value is -1.61. The van der Waals surface area contributed by atoms with Gasteiger partial charge < -0.3 is 14.7 Å². The molecule has 0 bridgehead atoms. The van der Waals surface area contributed by atoms with Crippen LogP contribution < -0.4 is 5.32 Å². The molecule has 1 aromatic carbocycles. The van der Waals surface area contributed by atoms with Gasteiger partial charge in [0.1, 0.15) is 6.29 Å². The molecule has 2 aromatic rings. The molecule has 0 saturated carbocycles. The minimum atomic E-state index is 0.287. The first-order valence-electron chi connectivity index (χ1n) is 5.94. The Labute approximate surface area is 101 Å². The van der Waals surface area contributed by atoms with Crippen molar-refractivity contribution >= 4 is 17.2 Å². The van der Waals surface area contributed by atoms with E-state index in [9.17, 15) is 4.79 Å². The van der Waals surface area contributed by atoms with Gasteiger partial charge in [0, 0.05) is 18.8 Å². The molecule has 0 amide bonds. The summed E-state index contributed by atoms with van der Waals surface area (Å²) in [5, 5.41) is 4.44. The van der Waals surface area contributed by atoms with Gasteiger partial charge in [-0.05, 0) is 30.9 Å². The molecule has 17 heavy (non-hydrogen) atoms. The Bertz CT molecular complexity index is 516. The standard InChI is InChI=1S/C14H18N2O/c1-11-4-3-5-13-6-8-16(14(11)13)10-12(2)15-7-9-17/h3-6,8-9,12,15H,7,10H2,1-2H3/t12-/m0/s1. The number of nitrogens with one attached hydrogen (secondary N) is 1. The second-order valence-electron chi connectivity index (χ2n) is 4.46. The minimum absolute atomic E-state index is 0.287. The van der Waals surface area contributed by atoms with E-state index in [0.717, 1.165) is 12.8 Å². The highest BCUT2D eigenvalue weighted by molar-refractivity contribution is 5.83. The van der Waals surface area contributed by atoms with Crippen LogP contribution in [0.3, 0.4) is 0 Å². The van der Waals surface area contributed by atoms with Gasteiger partial charge in [0.05, 0.1) is 12.1 Å². The van der Waals surface area contributed by atoms with Crippen molar-refractivity contribution in [3.05, 3.63) is 36.0 Å². The summed E-state index contributed by atoms with van der Waals surface area (Å²) in [7, 11) is 0. The lowest BCUT2D eigenvalue weighted by Gasteiger charge is -2.14. The van der Waals surface area contributed by atoms with Crippen molar-refractivity contribution in [2.24, 2.45) is 0 Å². The molecule has 1 aromatic heterocycles. The Balaban J connectivity index is 2.21. The van der Waals surface area contributed by atoms with Crippen molar-refractivity contribution < 1.29 is 4.79 Å². The average Bonchev–Trinajstić information content (AvgIpc) is 2.71. The van der Waals surface area contributed by atoms with E-state index in [-0.39, 0.29) is 6.04 Å². The molecule has 2 rings (SSSR count). The zero-order chi connectivity index (χ0) is 12.3. The van der Waals surface area contributed by atoms with Crippen LogP contribution in [0.5, 0.6) is 0 Å². The van der Waals surface area contributed by atoms with Crippen LogP contribution in [-0.2, 0) is 11.3 Å². The van der Waals surface area contributed by atoms with Crippen molar-refractivity contribution in [2.75, 3.05) is 6.54 Å². The van der Waals surface area contributed by atoms with Crippen LogP contribution in [0.25, 0.3) is 10.9 Å². The molecule has 0 aliphatic carbocycles. The monoisotopic (exact) mass is 230 g/mol. The van der Waals surface area contributed by atoms with E-state index in [4.69, 9.17) is 0 Å². The number of aryl methyl sites for hydroxylation is 1. The van der Waals surface area contributed by atoms with Gasteiger partial charge in [-0.25, -0.2) is 0 Å². The van der Waals surface area contributed by atoms with Crippen LogP contribution in [0.4, 0.5) is 0 Å². The Morgan fingerprint density at radius 1 is 1.41 bits per heavy atom. The van der Waals surface area contributed by atoms with Crippen molar-refractivity contribution in [1.29, 1.82) is 0 Å². The van der Waals surface area contributed by atoms with E-state index in [2.05, 4.69) is 54.2 Å². The molecule has 1 atom stereocenters. The summed E-state index contributed by atoms with van der Waals surface area (Å²) in [4.78, 5) is 10.3. The van der Waals surface area contributed by atoms with Crippen LogP contribution in [0.2, 0.25) is 0 Å². The second kappa shape index (κ2) is 5.15. The summed E-state index contributed by atoms with van der Waals surface area (Å²) in [6, 6.07) is 8.76. The van der Waals surface area contributed by atoms with Crippen molar-refractivity contribution in [3.63, 3.8) is 0 Å². The number of hydrogen-bond donors (Lipinski definition) is 1. The number of para-hydroxylation sites is 1. The Morgan fingerprint density at radius 3 is 3.00 bits per heavy atom. The third-order valence-corrected chi connectivity index (χ3v) is 3.01. The van der Waals surface area contributed by atoms with Gasteiger partial charge in [-0.15, -0.1) is 0 Å². The first kappa shape index (κ1) is 11.9. The van der Waals surface area contributed by atoms with E-state index in [0.29, 0.717) is 6.54 Å². The molecule has 0 unspecified atom stereocenters. The summed E-state index contributed by atoms with van der Waals surface area (Å²) >= 11 is 0. The first-order valence-corrected chi connectivity index (χ1v) is 5.94. The lowest BCUT2D eigenvalue weighted by Crippen LogP contribution is -2.31. The number of rotatable bonds is 5. The molecule has 0 aliphatic rings. The van der Waals surface area contributed by atoms with E-state index >= 15 is 0 Å². The van der Waals surface area contributed by atoms with Crippen molar-refractivity contribution in [2.45, 2.75) is 26.4 Å². The summed E-state index contributed by atoms with van der Waals surface area (Å²) < 4.78 is 2.24. The summed E-state index contributed by atoms with van der Waals surface area (Å²) in [5.74, 6) is 0. The molecule has 0 aliphatic heterocycles. The second-order valence-corrected chi connectivity index (χ2v) is 4.46. The predicted molar refractivity (Wildman–Crippen MR) is 70.2 cm³/mol. The number of benzene rings is 1. The minimum Gasteiger partial charge on any atom is -0.346 e. The number of carbonyl (C=O) groups excluding carboxylic acids is 1. The lowest BCUT2D eigenvalue weighted by molar-refractivity contribution is -0.107. The predicted octanol–water partition coefficient (Wildman–Crippen LogP) is 2.13. The molecule has 3 nitrogen and oxygen atoms in total. The maximum atomic E-state index is 10.3. The highest BCUT2D eigenvalue weighted by atomic mass is 16.1. The fourth-order valence-corrected chi connectivity index (χ4v) is 2.21. The van der Waals surface area contributed by atoms with Crippen LogP contribution in [0.15, 0.2) is 30.5 Å². The molecule has 0 spiro atoms. The van der Waals surface area contributed by atoms with E-state index in [1.54, 1.807) is 0 Å². The number of nitrogens with zero attached hydrogens (tertiary/aromatic N) is 1. The van der Waals surface area contributed by atoms with Crippen LogP contribution in [0, 0.1) is 6.92 Å². The summed E-state index contributed by atoms with van der Waals surface area (Å²) in [6.07, 6.45) is 3.01. The Morgan fingerprint density at radius 2 is 2.24 bits per heavy atom. The Kier molecular flexibility index (Phi) is 3.59. The molecule has 0 fully saturated rings. The van der Waals surface area contributed by atoms with Crippen LogP contribution in [-0.4, -0.2) is 23.4 Å². The first-order chi connectivity index (χ1) is 8.22. The average molecular weight is 230 g/mol. The maximum absolute atomic E-state index is 10.3. The smallest absolute Gasteiger partial charge is 0.133 e.